The van der Waals surface area contributed by atoms with E-state index in [1.165, 1.54) is 0 Å². The zero-order valence-corrected chi connectivity index (χ0v) is 14.3. The van der Waals surface area contributed by atoms with Crippen LogP contribution in [0.25, 0.3) is 0 Å². The molecule has 2 saturated heterocycles. The first-order chi connectivity index (χ1) is 10.7. The number of likely N-dealkylation sites (tertiary alicyclic amines) is 2. The van der Waals surface area contributed by atoms with Crippen molar-refractivity contribution in [2.75, 3.05) is 26.2 Å². The van der Waals surface area contributed by atoms with Gasteiger partial charge in [-0.25, -0.2) is 0 Å². The van der Waals surface area contributed by atoms with Crippen LogP contribution in [0.3, 0.4) is 0 Å². The van der Waals surface area contributed by atoms with Crippen LogP contribution in [0.15, 0.2) is 0 Å². The molecule has 0 spiro atoms. The van der Waals surface area contributed by atoms with Gasteiger partial charge in [0.05, 0.1) is 12.5 Å². The summed E-state index contributed by atoms with van der Waals surface area (Å²) in [7, 11) is -1.48. The highest BCUT2D eigenvalue weighted by molar-refractivity contribution is 6.43. The van der Waals surface area contributed by atoms with Gasteiger partial charge in [-0.15, -0.1) is 0 Å². The third-order valence-corrected chi connectivity index (χ3v) is 4.62. The van der Waals surface area contributed by atoms with Crippen LogP contribution in [0.5, 0.6) is 0 Å². The van der Waals surface area contributed by atoms with Crippen LogP contribution in [0.4, 0.5) is 0 Å². The van der Waals surface area contributed by atoms with Crippen molar-refractivity contribution in [1.29, 1.82) is 0 Å². The summed E-state index contributed by atoms with van der Waals surface area (Å²) in [6, 6.07) is 0.116. The maximum atomic E-state index is 12.3. The molecule has 2 amide bonds. The largest absolute Gasteiger partial charge is 0.475 e. The van der Waals surface area contributed by atoms with Gasteiger partial charge >= 0.3 is 7.12 Å². The number of hydrogen-bond acceptors (Lipinski definition) is 5. The minimum atomic E-state index is -1.48. The molecule has 0 radical (unpaired) electrons. The molecule has 0 aromatic rings. The van der Waals surface area contributed by atoms with Gasteiger partial charge in [-0.1, -0.05) is 20.8 Å². The molecule has 23 heavy (non-hydrogen) atoms. The first-order valence-electron chi connectivity index (χ1n) is 8.38. The van der Waals surface area contributed by atoms with E-state index in [1.54, 1.807) is 4.90 Å². The van der Waals surface area contributed by atoms with E-state index in [-0.39, 0.29) is 29.8 Å². The standard InChI is InChI=1S/C15H28BN3O4/c1-15(2,3)14(21)18-8-6-11(10-18)17-9-13(20)19-7-4-5-12(19)16(22)23/h11-12,17,22-23H,4-10H2,1-3H3/t11-,12+/m1/s1. The Morgan fingerprint density at radius 2 is 1.91 bits per heavy atom. The monoisotopic (exact) mass is 325 g/mol. The highest BCUT2D eigenvalue weighted by atomic mass is 16.4. The van der Waals surface area contributed by atoms with Crippen molar-refractivity contribution >= 4 is 18.9 Å². The topological polar surface area (TPSA) is 93.1 Å². The van der Waals surface area contributed by atoms with Gasteiger partial charge < -0.3 is 25.2 Å². The van der Waals surface area contributed by atoms with Crippen LogP contribution in [-0.2, 0) is 9.59 Å². The van der Waals surface area contributed by atoms with Gasteiger partial charge in [-0.05, 0) is 19.3 Å². The van der Waals surface area contributed by atoms with Gasteiger partial charge in [0.1, 0.15) is 0 Å². The summed E-state index contributed by atoms with van der Waals surface area (Å²) < 4.78 is 0. The number of nitrogens with zero attached hydrogens (tertiary/aromatic N) is 2. The molecule has 2 rings (SSSR count). The molecular weight excluding hydrogens is 297 g/mol. The van der Waals surface area contributed by atoms with Gasteiger partial charge in [-0.3, -0.25) is 9.59 Å². The SMILES string of the molecule is CC(C)(C)C(=O)N1CC[C@@H](NCC(=O)N2CCC[C@H]2B(O)O)C1. The Balaban J connectivity index is 1.79. The summed E-state index contributed by atoms with van der Waals surface area (Å²) in [6.45, 7) is 7.81. The maximum Gasteiger partial charge on any atom is 0.475 e. The molecule has 7 nitrogen and oxygen atoms in total. The van der Waals surface area contributed by atoms with E-state index in [9.17, 15) is 19.6 Å². The number of rotatable bonds is 4. The summed E-state index contributed by atoms with van der Waals surface area (Å²) in [5, 5.41) is 21.8. The lowest BCUT2D eigenvalue weighted by Gasteiger charge is -2.26. The lowest BCUT2D eigenvalue weighted by Crippen LogP contribution is -2.49. The molecule has 130 valence electrons. The third kappa shape index (κ3) is 4.46. The van der Waals surface area contributed by atoms with E-state index in [2.05, 4.69) is 5.32 Å². The summed E-state index contributed by atoms with van der Waals surface area (Å²) in [4.78, 5) is 27.9. The molecule has 2 atom stereocenters. The maximum absolute atomic E-state index is 12.3. The zero-order valence-electron chi connectivity index (χ0n) is 14.3. The van der Waals surface area contributed by atoms with Gasteiger partial charge in [0, 0.05) is 31.1 Å². The van der Waals surface area contributed by atoms with Crippen molar-refractivity contribution in [2.45, 2.75) is 52.0 Å². The number of nitrogens with one attached hydrogen (secondary N) is 1. The van der Waals surface area contributed by atoms with Crippen molar-refractivity contribution in [3.63, 3.8) is 0 Å². The Morgan fingerprint density at radius 1 is 1.22 bits per heavy atom. The van der Waals surface area contributed by atoms with E-state index in [0.717, 1.165) is 12.8 Å². The second kappa shape index (κ2) is 7.19. The van der Waals surface area contributed by atoms with Crippen LogP contribution in [0.1, 0.15) is 40.0 Å². The molecule has 0 unspecified atom stereocenters. The number of carbonyl (C=O) groups is 2. The second-order valence-corrected chi connectivity index (χ2v) is 7.58. The average Bonchev–Trinajstić information content (AvgIpc) is 3.11. The molecule has 0 aromatic heterocycles. The quantitative estimate of drug-likeness (QED) is 0.590. The van der Waals surface area contributed by atoms with Crippen LogP contribution in [0.2, 0.25) is 0 Å². The lowest BCUT2D eigenvalue weighted by molar-refractivity contribution is -0.138. The number of carbonyl (C=O) groups excluding carboxylic acids is 2. The molecule has 2 aliphatic rings. The van der Waals surface area contributed by atoms with Crippen LogP contribution < -0.4 is 5.32 Å². The highest BCUT2D eigenvalue weighted by Gasteiger charge is 2.37. The van der Waals surface area contributed by atoms with Crippen molar-refractivity contribution in [1.82, 2.24) is 15.1 Å². The average molecular weight is 325 g/mol. The van der Waals surface area contributed by atoms with E-state index < -0.39 is 13.1 Å². The first-order valence-corrected chi connectivity index (χ1v) is 8.38. The number of amides is 2. The summed E-state index contributed by atoms with van der Waals surface area (Å²) in [6.07, 6.45) is 2.26. The summed E-state index contributed by atoms with van der Waals surface area (Å²) >= 11 is 0. The molecule has 2 heterocycles. The first kappa shape index (κ1) is 18.2. The Hall–Kier alpha value is -1.12. The van der Waals surface area contributed by atoms with Gasteiger partial charge in [-0.2, -0.15) is 0 Å². The van der Waals surface area contributed by atoms with Crippen molar-refractivity contribution in [3.8, 4) is 0 Å². The molecule has 3 N–H and O–H groups in total. The van der Waals surface area contributed by atoms with Crippen molar-refractivity contribution in [3.05, 3.63) is 0 Å². The van der Waals surface area contributed by atoms with Crippen LogP contribution in [0, 0.1) is 5.41 Å². The fourth-order valence-corrected chi connectivity index (χ4v) is 3.33. The van der Waals surface area contributed by atoms with Crippen LogP contribution in [-0.4, -0.2) is 76.9 Å². The summed E-state index contributed by atoms with van der Waals surface area (Å²) in [5.41, 5.74) is -0.384. The Bertz CT molecular complexity index is 452. The second-order valence-electron chi connectivity index (χ2n) is 7.58. The molecule has 0 bridgehead atoms. The fourth-order valence-electron chi connectivity index (χ4n) is 3.33. The fraction of sp³-hybridized carbons (Fsp3) is 0.867. The predicted molar refractivity (Wildman–Crippen MR) is 87.4 cm³/mol. The smallest absolute Gasteiger partial charge is 0.426 e. The molecule has 0 aromatic carbocycles. The summed E-state index contributed by atoms with van der Waals surface area (Å²) in [5.74, 6) is -0.468. The molecular formula is C15H28BN3O4. The number of hydrogen-bond donors (Lipinski definition) is 3. The molecule has 2 fully saturated rings. The third-order valence-electron chi connectivity index (χ3n) is 4.62. The molecule has 2 aliphatic heterocycles. The van der Waals surface area contributed by atoms with Crippen molar-refractivity contribution in [2.24, 2.45) is 5.41 Å². The Kier molecular flexibility index (Phi) is 5.70. The zero-order chi connectivity index (χ0) is 17.2. The molecule has 8 heteroatoms. The van der Waals surface area contributed by atoms with E-state index >= 15 is 0 Å². The minimum Gasteiger partial charge on any atom is -0.426 e. The van der Waals surface area contributed by atoms with Gasteiger partial charge in [0.15, 0.2) is 0 Å². The van der Waals surface area contributed by atoms with Gasteiger partial charge in [0.2, 0.25) is 11.8 Å². The van der Waals surface area contributed by atoms with E-state index in [1.807, 2.05) is 25.7 Å². The normalized spacial score (nSPS) is 25.1. The van der Waals surface area contributed by atoms with Crippen LogP contribution >= 0.6 is 0 Å². The molecule has 0 saturated carbocycles. The minimum absolute atomic E-state index is 0.110. The highest BCUT2D eigenvalue weighted by Crippen LogP contribution is 2.21. The van der Waals surface area contributed by atoms with Gasteiger partial charge in [0.25, 0.3) is 0 Å². The lowest BCUT2D eigenvalue weighted by atomic mass is 9.78. The molecule has 0 aliphatic carbocycles. The Morgan fingerprint density at radius 3 is 2.52 bits per heavy atom. The van der Waals surface area contributed by atoms with Crippen molar-refractivity contribution < 1.29 is 19.6 Å². The predicted octanol–water partition coefficient (Wildman–Crippen LogP) is -0.774. The van der Waals surface area contributed by atoms with E-state index in [4.69, 9.17) is 0 Å². The Labute approximate surface area is 138 Å². The van der Waals surface area contributed by atoms with E-state index in [0.29, 0.717) is 26.1 Å².